The molecule has 3 aromatic rings. The summed E-state index contributed by atoms with van der Waals surface area (Å²) < 4.78 is 3.53. The average molecular weight is 388 g/mol. The normalized spacial score (nSPS) is 12.6. The van der Waals surface area contributed by atoms with Gasteiger partial charge in [0, 0.05) is 12.6 Å². The first-order valence-corrected chi connectivity index (χ1v) is 10.3. The van der Waals surface area contributed by atoms with E-state index < -0.39 is 0 Å². The summed E-state index contributed by atoms with van der Waals surface area (Å²) in [5.74, 6) is 0.752. The lowest BCUT2D eigenvalue weighted by molar-refractivity contribution is -0.119. The second-order valence-corrected chi connectivity index (χ2v) is 7.58. The van der Waals surface area contributed by atoms with Crippen molar-refractivity contribution in [3.8, 4) is 0 Å². The summed E-state index contributed by atoms with van der Waals surface area (Å²) in [6.45, 7) is 6.70. The molecule has 1 amide bonds. The van der Waals surface area contributed by atoms with Crippen LogP contribution in [0, 0.1) is 0 Å². The maximum atomic E-state index is 12.8. The van der Waals surface area contributed by atoms with Crippen LogP contribution in [0.3, 0.4) is 0 Å². The first kappa shape index (κ1) is 19.4. The summed E-state index contributed by atoms with van der Waals surface area (Å²) in [7, 11) is 0. The Balaban J connectivity index is 1.96. The second kappa shape index (κ2) is 8.56. The fourth-order valence-corrected chi connectivity index (χ4v) is 3.96. The molecule has 0 saturated carbocycles. The summed E-state index contributed by atoms with van der Waals surface area (Å²) in [5.41, 5.74) is 0.701. The summed E-state index contributed by atoms with van der Waals surface area (Å²) in [6.07, 6.45) is 2.81. The van der Waals surface area contributed by atoms with Crippen molar-refractivity contribution in [2.24, 2.45) is 0 Å². The fourth-order valence-electron chi connectivity index (χ4n) is 3.20. The van der Waals surface area contributed by atoms with Gasteiger partial charge in [-0.25, -0.2) is 0 Å². The zero-order chi connectivity index (χ0) is 19.4. The molecule has 144 valence electrons. The third kappa shape index (κ3) is 4.00. The van der Waals surface area contributed by atoms with Gasteiger partial charge in [0.05, 0.1) is 16.7 Å². The van der Waals surface area contributed by atoms with Crippen molar-refractivity contribution in [1.29, 1.82) is 0 Å². The van der Waals surface area contributed by atoms with Gasteiger partial charge in [-0.3, -0.25) is 18.6 Å². The van der Waals surface area contributed by atoms with E-state index in [9.17, 15) is 9.59 Å². The molecule has 3 rings (SSSR count). The molecule has 0 radical (unpaired) electrons. The van der Waals surface area contributed by atoms with Crippen LogP contribution >= 0.6 is 11.8 Å². The number of carbonyl (C=O) groups is 1. The smallest absolute Gasteiger partial charge is 0.262 e. The quantitative estimate of drug-likeness (QED) is 0.601. The SMILES string of the molecule is CCCC(C)NC(=O)CSc1nnc2n(CCC)c(=O)c3ccccc3n12. The molecule has 0 aliphatic carbocycles. The highest BCUT2D eigenvalue weighted by Crippen LogP contribution is 2.21. The second-order valence-electron chi connectivity index (χ2n) is 6.64. The van der Waals surface area contributed by atoms with E-state index in [-0.39, 0.29) is 23.3 Å². The fraction of sp³-hybridized carbons (Fsp3) is 0.474. The van der Waals surface area contributed by atoms with Gasteiger partial charge in [-0.05, 0) is 31.9 Å². The van der Waals surface area contributed by atoms with Crippen LogP contribution in [0.2, 0.25) is 0 Å². The van der Waals surface area contributed by atoms with Crippen LogP contribution in [0.4, 0.5) is 0 Å². The number of aromatic nitrogens is 4. The zero-order valence-electron chi connectivity index (χ0n) is 15.9. The molecule has 0 fully saturated rings. The molecule has 2 heterocycles. The van der Waals surface area contributed by atoms with Crippen molar-refractivity contribution in [3.05, 3.63) is 34.6 Å². The first-order chi connectivity index (χ1) is 13.1. The van der Waals surface area contributed by atoms with Gasteiger partial charge in [0.2, 0.25) is 11.7 Å². The van der Waals surface area contributed by atoms with Crippen molar-refractivity contribution in [2.45, 2.75) is 57.8 Å². The van der Waals surface area contributed by atoms with Crippen molar-refractivity contribution >= 4 is 34.3 Å². The number of rotatable bonds is 8. The predicted molar refractivity (Wildman–Crippen MR) is 108 cm³/mol. The Morgan fingerprint density at radius 3 is 2.74 bits per heavy atom. The monoisotopic (exact) mass is 387 g/mol. The van der Waals surface area contributed by atoms with Gasteiger partial charge in [0.1, 0.15) is 0 Å². The maximum Gasteiger partial charge on any atom is 0.262 e. The van der Waals surface area contributed by atoms with Gasteiger partial charge in [-0.15, -0.1) is 10.2 Å². The predicted octanol–water partition coefficient (Wildman–Crippen LogP) is 2.85. The number of thioether (sulfide) groups is 1. The zero-order valence-corrected chi connectivity index (χ0v) is 16.8. The molecule has 8 heteroatoms. The van der Waals surface area contributed by atoms with Crippen LogP contribution in [0.1, 0.15) is 40.0 Å². The number of nitrogens with zero attached hydrogens (tertiary/aromatic N) is 4. The van der Waals surface area contributed by atoms with Crippen LogP contribution in [0.15, 0.2) is 34.2 Å². The molecule has 27 heavy (non-hydrogen) atoms. The molecular formula is C19H25N5O2S. The topological polar surface area (TPSA) is 81.3 Å². The third-order valence-corrected chi connectivity index (χ3v) is 5.32. The number of hydrogen-bond donors (Lipinski definition) is 1. The van der Waals surface area contributed by atoms with Gasteiger partial charge in [0.15, 0.2) is 5.16 Å². The number of benzene rings is 1. The highest BCUT2D eigenvalue weighted by molar-refractivity contribution is 7.99. The molecule has 1 atom stereocenters. The lowest BCUT2D eigenvalue weighted by Crippen LogP contribution is -2.33. The van der Waals surface area contributed by atoms with E-state index in [0.29, 0.717) is 22.9 Å². The number of hydrogen-bond acceptors (Lipinski definition) is 5. The number of amides is 1. The minimum atomic E-state index is -0.0602. The van der Waals surface area contributed by atoms with Crippen molar-refractivity contribution in [3.63, 3.8) is 0 Å². The van der Waals surface area contributed by atoms with Crippen molar-refractivity contribution < 1.29 is 4.79 Å². The van der Waals surface area contributed by atoms with Crippen LogP contribution in [0.5, 0.6) is 0 Å². The van der Waals surface area contributed by atoms with E-state index in [4.69, 9.17) is 0 Å². The average Bonchev–Trinajstić information content (AvgIpc) is 3.07. The molecule has 1 N–H and O–H groups in total. The number of aryl methyl sites for hydroxylation is 1. The van der Waals surface area contributed by atoms with E-state index in [2.05, 4.69) is 22.4 Å². The molecule has 0 saturated heterocycles. The first-order valence-electron chi connectivity index (χ1n) is 9.35. The van der Waals surface area contributed by atoms with Crippen LogP contribution in [-0.4, -0.2) is 36.9 Å². The van der Waals surface area contributed by atoms with Crippen LogP contribution < -0.4 is 10.9 Å². The molecule has 1 aromatic carbocycles. The summed E-state index contributed by atoms with van der Waals surface area (Å²) >= 11 is 1.33. The molecule has 0 bridgehead atoms. The summed E-state index contributed by atoms with van der Waals surface area (Å²) in [6, 6.07) is 7.60. The van der Waals surface area contributed by atoms with Gasteiger partial charge in [0.25, 0.3) is 5.56 Å². The van der Waals surface area contributed by atoms with E-state index in [1.807, 2.05) is 42.5 Å². The molecule has 0 spiro atoms. The van der Waals surface area contributed by atoms with Crippen molar-refractivity contribution in [1.82, 2.24) is 24.5 Å². The Kier molecular flexibility index (Phi) is 6.15. The van der Waals surface area contributed by atoms with Crippen LogP contribution in [0.25, 0.3) is 16.7 Å². The van der Waals surface area contributed by atoms with Gasteiger partial charge < -0.3 is 5.32 Å². The lowest BCUT2D eigenvalue weighted by Gasteiger charge is -2.12. The Hall–Kier alpha value is -2.35. The number of fused-ring (bicyclic) bond motifs is 3. The molecular weight excluding hydrogens is 362 g/mol. The minimum absolute atomic E-state index is 0.0242. The highest BCUT2D eigenvalue weighted by atomic mass is 32.2. The summed E-state index contributed by atoms with van der Waals surface area (Å²) in [5, 5.41) is 12.7. The highest BCUT2D eigenvalue weighted by Gasteiger charge is 2.17. The summed E-state index contributed by atoms with van der Waals surface area (Å²) in [4.78, 5) is 25.0. The number of nitrogens with one attached hydrogen (secondary N) is 1. The van der Waals surface area contributed by atoms with E-state index in [0.717, 1.165) is 24.8 Å². The van der Waals surface area contributed by atoms with Gasteiger partial charge in [-0.2, -0.15) is 0 Å². The molecule has 0 aliphatic rings. The number of carbonyl (C=O) groups excluding carboxylic acids is 1. The standard InChI is InChI=1S/C19H25N5O2S/c1-4-8-13(3)20-16(25)12-27-19-22-21-18-23(11-5-2)17(26)14-9-6-7-10-15(14)24(18)19/h6-7,9-10,13H,4-5,8,11-12H2,1-3H3,(H,20,25). The van der Waals surface area contributed by atoms with Crippen molar-refractivity contribution in [2.75, 3.05) is 5.75 Å². The third-order valence-electron chi connectivity index (χ3n) is 4.39. The molecule has 0 aliphatic heterocycles. The van der Waals surface area contributed by atoms with Crippen LogP contribution in [-0.2, 0) is 11.3 Å². The van der Waals surface area contributed by atoms with Gasteiger partial charge in [-0.1, -0.05) is 44.2 Å². The Morgan fingerprint density at radius 1 is 1.22 bits per heavy atom. The maximum absolute atomic E-state index is 12.8. The molecule has 2 aromatic heterocycles. The van der Waals surface area contributed by atoms with E-state index in [1.165, 1.54) is 11.8 Å². The Bertz CT molecular complexity index is 1010. The van der Waals surface area contributed by atoms with E-state index >= 15 is 0 Å². The molecule has 1 unspecified atom stereocenters. The minimum Gasteiger partial charge on any atom is -0.353 e. The van der Waals surface area contributed by atoms with Gasteiger partial charge >= 0.3 is 0 Å². The number of para-hydroxylation sites is 1. The largest absolute Gasteiger partial charge is 0.353 e. The molecule has 7 nitrogen and oxygen atoms in total. The van der Waals surface area contributed by atoms with E-state index in [1.54, 1.807) is 4.57 Å². The Labute approximate surface area is 162 Å². The Morgan fingerprint density at radius 2 is 2.00 bits per heavy atom. The lowest BCUT2D eigenvalue weighted by atomic mass is 10.2.